The number of nitrogens with zero attached hydrogens (tertiary/aromatic N) is 4. The molecule has 0 saturated heterocycles. The zero-order valence-corrected chi connectivity index (χ0v) is 37.5. The molecule has 0 unspecified atom stereocenters. The minimum absolute atomic E-state index is 0.541. The molecular weight excluding hydrogens is 825 g/mol. The Bertz CT molecular complexity index is 3480. The van der Waals surface area contributed by atoms with Gasteiger partial charge in [0.05, 0.1) is 0 Å². The molecular formula is C64H46N4. The molecule has 8 aromatic carbocycles. The third kappa shape index (κ3) is 9.62. The molecule has 0 aliphatic rings. The first-order chi connectivity index (χ1) is 33.6. The summed E-state index contributed by atoms with van der Waals surface area (Å²) in [6.45, 7) is 8.00. The van der Waals surface area contributed by atoms with Gasteiger partial charge < -0.3 is 0 Å². The van der Waals surface area contributed by atoms with Gasteiger partial charge in [-0.25, -0.2) is 15.0 Å². The van der Waals surface area contributed by atoms with Crippen LogP contribution in [0.25, 0.3) is 107 Å². The molecule has 0 amide bonds. The van der Waals surface area contributed by atoms with Crippen LogP contribution in [0.5, 0.6) is 0 Å². The number of pyridine rings is 1. The molecule has 0 aliphatic carbocycles. The summed E-state index contributed by atoms with van der Waals surface area (Å²) in [6.07, 6.45) is 17.4. The Morgan fingerprint density at radius 2 is 0.868 bits per heavy atom. The van der Waals surface area contributed by atoms with Crippen LogP contribution < -0.4 is 0 Å². The second-order valence-electron chi connectivity index (χ2n) is 16.4. The lowest BCUT2D eigenvalue weighted by molar-refractivity contribution is 1.04. The van der Waals surface area contributed by atoms with Crippen molar-refractivity contribution in [3.63, 3.8) is 0 Å². The topological polar surface area (TPSA) is 51.6 Å². The monoisotopic (exact) mass is 870 g/mol. The maximum atomic E-state index is 5.21. The highest BCUT2D eigenvalue weighted by molar-refractivity contribution is 5.93. The lowest BCUT2D eigenvalue weighted by Crippen LogP contribution is -2.00. The Kier molecular flexibility index (Phi) is 12.6. The molecule has 0 bridgehead atoms. The minimum atomic E-state index is 0.541. The lowest BCUT2D eigenvalue weighted by Gasteiger charge is -2.13. The summed E-state index contributed by atoms with van der Waals surface area (Å²) in [4.78, 5) is 19.6. The van der Waals surface area contributed by atoms with Gasteiger partial charge in [0.15, 0.2) is 17.5 Å². The fourth-order valence-electron chi connectivity index (χ4n) is 8.47. The Morgan fingerprint density at radius 1 is 0.382 bits per heavy atom. The van der Waals surface area contributed by atoms with Crippen LogP contribution in [-0.4, -0.2) is 19.9 Å². The molecule has 0 aliphatic heterocycles. The highest BCUT2D eigenvalue weighted by Crippen LogP contribution is 2.36. The van der Waals surface area contributed by atoms with Crippen molar-refractivity contribution in [1.82, 2.24) is 19.9 Å². The van der Waals surface area contributed by atoms with Gasteiger partial charge in [0, 0.05) is 23.5 Å². The maximum absolute atomic E-state index is 5.21. The lowest BCUT2D eigenvalue weighted by atomic mass is 9.92. The van der Waals surface area contributed by atoms with E-state index in [1.54, 1.807) is 0 Å². The smallest absolute Gasteiger partial charge is 0.164 e. The molecule has 68 heavy (non-hydrogen) atoms. The summed E-state index contributed by atoms with van der Waals surface area (Å²) in [6, 6.07) is 70.2. The number of fused-ring (bicyclic) bond motifs is 1. The van der Waals surface area contributed by atoms with E-state index in [-0.39, 0.29) is 0 Å². The predicted octanol–water partition coefficient (Wildman–Crippen LogP) is 16.6. The fraction of sp³-hybridized carbons (Fsp3) is 0. The molecule has 322 valence electrons. The van der Waals surface area contributed by atoms with Crippen LogP contribution in [0.2, 0.25) is 0 Å². The number of allylic oxidation sites excluding steroid dienone is 6. The third-order valence-electron chi connectivity index (χ3n) is 12.0. The first kappa shape index (κ1) is 42.8. The second-order valence-corrected chi connectivity index (χ2v) is 16.4. The van der Waals surface area contributed by atoms with Crippen LogP contribution >= 0.6 is 0 Å². The van der Waals surface area contributed by atoms with Crippen LogP contribution in [0.1, 0.15) is 17.0 Å². The normalized spacial score (nSPS) is 11.6. The summed E-state index contributed by atoms with van der Waals surface area (Å²) >= 11 is 0. The number of hydrogen-bond donors (Lipinski definition) is 0. The summed E-state index contributed by atoms with van der Waals surface area (Å²) < 4.78 is 0. The molecule has 10 aromatic rings. The van der Waals surface area contributed by atoms with Crippen molar-refractivity contribution in [2.45, 2.75) is 0 Å². The SMILES string of the molecule is C=C/C=C\c1cc2ccccc2cc1-c1ccc(-c2cc(-c3ccc(-c4ccncc4)cc3)cc(-c3nc(/C=C/C=C(\C=C)c4ccccc4)nc(-c4ccc(-c5ccccc5)cc4)n3)c2)cc1. The average molecular weight is 871 g/mol. The van der Waals surface area contributed by atoms with E-state index in [2.05, 4.69) is 188 Å². The molecule has 2 heterocycles. The van der Waals surface area contributed by atoms with Crippen LogP contribution in [-0.2, 0) is 0 Å². The quantitative estimate of drug-likeness (QED) is 0.108. The van der Waals surface area contributed by atoms with Gasteiger partial charge in [0.2, 0.25) is 0 Å². The van der Waals surface area contributed by atoms with Crippen molar-refractivity contribution in [2.75, 3.05) is 0 Å². The van der Waals surface area contributed by atoms with E-state index in [0.29, 0.717) is 17.5 Å². The summed E-state index contributed by atoms with van der Waals surface area (Å²) in [5.74, 6) is 1.69. The van der Waals surface area contributed by atoms with Crippen molar-refractivity contribution in [3.05, 3.63) is 273 Å². The molecule has 0 saturated carbocycles. The van der Waals surface area contributed by atoms with E-state index in [1.165, 1.54) is 10.8 Å². The number of benzene rings is 8. The van der Waals surface area contributed by atoms with E-state index in [1.807, 2.05) is 85.2 Å². The summed E-state index contributed by atoms with van der Waals surface area (Å²) in [7, 11) is 0. The highest BCUT2D eigenvalue weighted by atomic mass is 15.0. The van der Waals surface area contributed by atoms with Gasteiger partial charge in [0.1, 0.15) is 0 Å². The molecule has 0 atom stereocenters. The zero-order chi connectivity index (χ0) is 46.1. The Morgan fingerprint density at radius 3 is 1.47 bits per heavy atom. The Balaban J connectivity index is 1.10. The zero-order valence-electron chi connectivity index (χ0n) is 37.5. The van der Waals surface area contributed by atoms with Crippen molar-refractivity contribution in [2.24, 2.45) is 0 Å². The van der Waals surface area contributed by atoms with Gasteiger partial charge >= 0.3 is 0 Å². The van der Waals surface area contributed by atoms with Crippen LogP contribution in [0.4, 0.5) is 0 Å². The number of aromatic nitrogens is 4. The maximum Gasteiger partial charge on any atom is 0.164 e. The molecule has 0 N–H and O–H groups in total. The van der Waals surface area contributed by atoms with Crippen molar-refractivity contribution >= 4 is 28.5 Å². The van der Waals surface area contributed by atoms with Gasteiger partial charge in [-0.3, -0.25) is 4.98 Å². The predicted molar refractivity (Wildman–Crippen MR) is 286 cm³/mol. The summed E-state index contributed by atoms with van der Waals surface area (Å²) in [5, 5.41) is 2.39. The first-order valence-corrected chi connectivity index (χ1v) is 22.7. The molecule has 0 fully saturated rings. The molecule has 10 rings (SSSR count). The molecule has 2 aromatic heterocycles. The second kappa shape index (κ2) is 20.0. The Hall–Kier alpha value is -9.12. The third-order valence-corrected chi connectivity index (χ3v) is 12.0. The van der Waals surface area contributed by atoms with Crippen molar-refractivity contribution < 1.29 is 0 Å². The minimum Gasteiger partial charge on any atom is -0.265 e. The van der Waals surface area contributed by atoms with E-state index in [0.717, 1.165) is 83.5 Å². The number of hydrogen-bond acceptors (Lipinski definition) is 4. The molecule has 4 nitrogen and oxygen atoms in total. The van der Waals surface area contributed by atoms with Gasteiger partial charge in [-0.2, -0.15) is 0 Å². The highest BCUT2D eigenvalue weighted by Gasteiger charge is 2.15. The van der Waals surface area contributed by atoms with Gasteiger partial charge in [-0.1, -0.05) is 207 Å². The number of rotatable bonds is 13. The fourth-order valence-corrected chi connectivity index (χ4v) is 8.47. The van der Waals surface area contributed by atoms with Crippen LogP contribution in [0, 0.1) is 0 Å². The van der Waals surface area contributed by atoms with Gasteiger partial charge in [-0.15, -0.1) is 0 Å². The molecule has 4 heteroatoms. The molecule has 0 spiro atoms. The standard InChI is InChI=1S/C64H46N4/c1-3-5-15-57-40-55-20-12-13-21-56(55)44-61(57)53-32-28-51(29-33-53)59-41-58(50-26-24-49(25-27-50)52-36-38-65-39-37-52)42-60(43-59)64-67-62(23-14-22-45(4-2)46-16-8-6-9-17-46)66-63(68-64)54-34-30-48(31-35-54)47-18-10-7-11-19-47/h3-44H,1-2H2/b15-5-,23-14+,45-22+. The van der Waals surface area contributed by atoms with E-state index >= 15 is 0 Å². The Labute approximate surface area is 398 Å². The average Bonchev–Trinajstić information content (AvgIpc) is 3.42. The van der Waals surface area contributed by atoms with Crippen LogP contribution in [0.3, 0.4) is 0 Å². The summed E-state index contributed by atoms with van der Waals surface area (Å²) in [5.41, 5.74) is 16.0. The first-order valence-electron chi connectivity index (χ1n) is 22.7. The van der Waals surface area contributed by atoms with Gasteiger partial charge in [-0.05, 0) is 132 Å². The van der Waals surface area contributed by atoms with Gasteiger partial charge in [0.25, 0.3) is 0 Å². The van der Waals surface area contributed by atoms with Crippen LogP contribution in [0.15, 0.2) is 256 Å². The largest absolute Gasteiger partial charge is 0.265 e. The van der Waals surface area contributed by atoms with E-state index in [4.69, 9.17) is 15.0 Å². The molecule has 0 radical (unpaired) electrons. The van der Waals surface area contributed by atoms with E-state index in [9.17, 15) is 0 Å². The van der Waals surface area contributed by atoms with Crippen molar-refractivity contribution in [1.29, 1.82) is 0 Å². The van der Waals surface area contributed by atoms with E-state index < -0.39 is 0 Å². The van der Waals surface area contributed by atoms with Crippen molar-refractivity contribution in [3.8, 4) is 78.4 Å².